The maximum Gasteiger partial charge on any atom is 0.300 e. The van der Waals surface area contributed by atoms with E-state index in [-0.39, 0.29) is 0 Å². The minimum Gasteiger partial charge on any atom is -0.481 e. The average Bonchev–Trinajstić information content (AvgIpc) is 1.82. The molecule has 0 saturated carbocycles. The third-order valence-corrected chi connectivity index (χ3v) is 4.01. The van der Waals surface area contributed by atoms with E-state index < -0.39 is 14.8 Å². The maximum absolute atomic E-state index is 10.2. The molecule has 0 spiro atoms. The molecule has 0 aliphatic heterocycles. The third-order valence-electron chi connectivity index (χ3n) is 1.57. The molecule has 0 aromatic carbocycles. The summed E-state index contributed by atoms with van der Waals surface area (Å²) in [6.45, 7) is 4.27. The molecule has 3 heteroatoms. The van der Waals surface area contributed by atoms with E-state index in [4.69, 9.17) is 5.11 Å². The summed E-state index contributed by atoms with van der Waals surface area (Å²) in [6.07, 6.45) is 2.40. The normalized spacial score (nSPS) is 13.0. The highest BCUT2D eigenvalue weighted by Gasteiger charge is 2.07. The maximum atomic E-state index is 10.2. The molecule has 1 N–H and O–H groups in total. The smallest absolute Gasteiger partial charge is 0.300 e. The Bertz CT molecular complexity index is 104. The van der Waals surface area contributed by atoms with E-state index in [0.717, 1.165) is 0 Å². The summed E-state index contributed by atoms with van der Waals surface area (Å²) >= 11 is 0. The van der Waals surface area contributed by atoms with E-state index >= 15 is 0 Å². The molecule has 1 unspecified atom stereocenters. The van der Waals surface area contributed by atoms with E-state index in [1.165, 1.54) is 18.9 Å². The van der Waals surface area contributed by atoms with Crippen LogP contribution in [0.1, 0.15) is 19.8 Å². The Hall–Kier alpha value is -0.313. The average molecular weight is 160 g/mol. The van der Waals surface area contributed by atoms with Crippen LogP contribution in [-0.2, 0) is 4.79 Å². The highest BCUT2D eigenvalue weighted by molar-refractivity contribution is 6.60. The van der Waals surface area contributed by atoms with Gasteiger partial charge in [0, 0.05) is 14.8 Å². The molecule has 1 atom stereocenters. The molecule has 0 rings (SSSR count). The van der Waals surface area contributed by atoms with Crippen molar-refractivity contribution in [2.75, 3.05) is 0 Å². The lowest BCUT2D eigenvalue weighted by Crippen LogP contribution is -2.11. The van der Waals surface area contributed by atoms with Crippen molar-refractivity contribution in [1.82, 2.24) is 0 Å². The molecule has 0 aromatic heterocycles. The molecule has 0 radical (unpaired) electrons. The first-order valence-electron chi connectivity index (χ1n) is 3.88. The lowest BCUT2D eigenvalue weighted by molar-refractivity contribution is -0.134. The summed E-state index contributed by atoms with van der Waals surface area (Å²) in [5.41, 5.74) is 0. The molecule has 0 fully saturated rings. The zero-order valence-corrected chi connectivity index (χ0v) is 7.92. The highest BCUT2D eigenvalue weighted by atomic mass is 28.3. The number of aliphatic carboxylic acids is 1. The second-order valence-electron chi connectivity index (χ2n) is 2.85. The van der Waals surface area contributed by atoms with Crippen LogP contribution in [-0.4, -0.2) is 19.9 Å². The molecule has 0 bridgehead atoms. The van der Waals surface area contributed by atoms with Crippen LogP contribution in [0.15, 0.2) is 0 Å². The fourth-order valence-electron chi connectivity index (χ4n) is 0.953. The van der Waals surface area contributed by atoms with Gasteiger partial charge >= 0.3 is 0 Å². The van der Waals surface area contributed by atoms with Crippen molar-refractivity contribution in [3.63, 3.8) is 0 Å². The van der Waals surface area contributed by atoms with Gasteiger partial charge in [-0.05, 0) is 0 Å². The van der Waals surface area contributed by atoms with Gasteiger partial charge in [0.25, 0.3) is 5.97 Å². The van der Waals surface area contributed by atoms with Crippen molar-refractivity contribution in [3.05, 3.63) is 0 Å². The molecule has 2 nitrogen and oxygen atoms in total. The fraction of sp³-hybridized carbons (Fsp3) is 0.857. The lowest BCUT2D eigenvalue weighted by Gasteiger charge is -2.03. The van der Waals surface area contributed by atoms with Gasteiger partial charge < -0.3 is 5.11 Å². The second kappa shape index (κ2) is 5.47. The van der Waals surface area contributed by atoms with Gasteiger partial charge in [-0.1, -0.05) is 32.4 Å². The summed E-state index contributed by atoms with van der Waals surface area (Å²) in [5, 5.41) is 8.42. The van der Waals surface area contributed by atoms with Gasteiger partial charge in [-0.15, -0.1) is 0 Å². The van der Waals surface area contributed by atoms with Crippen molar-refractivity contribution < 1.29 is 9.90 Å². The number of unbranched alkanes of at least 4 members (excludes halogenated alkanes) is 1. The van der Waals surface area contributed by atoms with Crippen molar-refractivity contribution in [1.29, 1.82) is 0 Å². The predicted octanol–water partition coefficient (Wildman–Crippen LogP) is 1.73. The van der Waals surface area contributed by atoms with E-state index in [1.54, 1.807) is 0 Å². The summed E-state index contributed by atoms with van der Waals surface area (Å²) < 4.78 is 0. The van der Waals surface area contributed by atoms with Gasteiger partial charge in [0.15, 0.2) is 0 Å². The largest absolute Gasteiger partial charge is 0.481 e. The molecule has 0 aliphatic carbocycles. The molecule has 0 amide bonds. The minimum absolute atomic E-state index is 0.458. The fourth-order valence-corrected chi connectivity index (χ4v) is 2.86. The van der Waals surface area contributed by atoms with Crippen molar-refractivity contribution in [3.8, 4) is 0 Å². The Labute approximate surface area is 63.9 Å². The first kappa shape index (κ1) is 9.69. The van der Waals surface area contributed by atoms with Gasteiger partial charge in [-0.2, -0.15) is 0 Å². The zero-order valence-electron chi connectivity index (χ0n) is 6.76. The number of hydrogen-bond donors (Lipinski definition) is 1. The van der Waals surface area contributed by atoms with Gasteiger partial charge in [-0.3, -0.25) is 4.79 Å². The van der Waals surface area contributed by atoms with Gasteiger partial charge in [0.1, 0.15) is 0 Å². The van der Waals surface area contributed by atoms with E-state index in [2.05, 4.69) is 13.5 Å². The molecule has 0 aliphatic rings. The van der Waals surface area contributed by atoms with Gasteiger partial charge in [-0.25, -0.2) is 0 Å². The first-order chi connectivity index (χ1) is 4.66. The summed E-state index contributed by atoms with van der Waals surface area (Å²) in [4.78, 5) is 10.2. The number of carboxylic acid groups (broad SMARTS) is 1. The van der Waals surface area contributed by atoms with Crippen molar-refractivity contribution in [2.45, 2.75) is 38.4 Å². The van der Waals surface area contributed by atoms with Crippen LogP contribution in [0, 0.1) is 0 Å². The number of carbonyl (C=O) groups is 1. The Morgan fingerprint density at radius 1 is 1.60 bits per heavy atom. The first-order valence-corrected chi connectivity index (χ1v) is 6.67. The molecular formula is C7H16O2Si. The molecule has 0 aromatic rings. The van der Waals surface area contributed by atoms with Gasteiger partial charge in [0.05, 0.1) is 0 Å². The van der Waals surface area contributed by atoms with Gasteiger partial charge in [0.2, 0.25) is 0 Å². The van der Waals surface area contributed by atoms with Crippen LogP contribution in [0.2, 0.25) is 18.6 Å². The predicted molar refractivity (Wildman–Crippen MR) is 45.2 cm³/mol. The summed E-state index contributed by atoms with van der Waals surface area (Å²) in [6, 6.07) is 1.64. The van der Waals surface area contributed by atoms with Crippen LogP contribution in [0.5, 0.6) is 0 Å². The minimum atomic E-state index is -0.877. The third kappa shape index (κ3) is 5.82. The quantitative estimate of drug-likeness (QED) is 0.622. The van der Waals surface area contributed by atoms with Crippen LogP contribution < -0.4 is 0 Å². The number of rotatable bonds is 5. The summed E-state index contributed by atoms with van der Waals surface area (Å²) in [5.74, 6) is -0.615. The molecule has 60 valence electrons. The van der Waals surface area contributed by atoms with Crippen LogP contribution in [0.3, 0.4) is 0 Å². The van der Waals surface area contributed by atoms with Crippen LogP contribution >= 0.6 is 0 Å². The van der Waals surface area contributed by atoms with Crippen LogP contribution in [0.4, 0.5) is 0 Å². The van der Waals surface area contributed by atoms with Crippen LogP contribution in [0.25, 0.3) is 0 Å². The highest BCUT2D eigenvalue weighted by Crippen LogP contribution is 2.04. The second-order valence-corrected chi connectivity index (χ2v) is 6.04. The standard InChI is InChI=1S/C7H16O2Si/c1-3-4-5-10(2)6-7(8)9/h10H,3-6H2,1-2H3,(H,8,9). The topological polar surface area (TPSA) is 37.3 Å². The van der Waals surface area contributed by atoms with E-state index in [1.807, 2.05) is 0 Å². The Balaban J connectivity index is 3.25. The number of carboxylic acids is 1. The zero-order chi connectivity index (χ0) is 7.98. The Morgan fingerprint density at radius 3 is 2.60 bits per heavy atom. The lowest BCUT2D eigenvalue weighted by atomic mass is 10.4. The monoisotopic (exact) mass is 160 g/mol. The Kier molecular flexibility index (Phi) is 5.30. The SMILES string of the molecule is CCCC[SiH](C)CC(=O)O. The van der Waals surface area contributed by atoms with Crippen molar-refractivity contribution >= 4 is 14.8 Å². The Morgan fingerprint density at radius 2 is 2.20 bits per heavy atom. The van der Waals surface area contributed by atoms with E-state index in [0.29, 0.717) is 6.04 Å². The number of hydrogen-bond acceptors (Lipinski definition) is 1. The molecule has 10 heavy (non-hydrogen) atoms. The van der Waals surface area contributed by atoms with Crippen molar-refractivity contribution in [2.24, 2.45) is 0 Å². The molecular weight excluding hydrogens is 144 g/mol. The molecule has 0 heterocycles. The summed E-state index contributed by atoms with van der Waals surface area (Å²) in [7, 11) is -0.877. The molecule has 0 saturated heterocycles. The van der Waals surface area contributed by atoms with E-state index in [9.17, 15) is 4.79 Å².